The Morgan fingerprint density at radius 1 is 1.26 bits per heavy atom. The number of hydrogen-bond acceptors (Lipinski definition) is 5. The quantitative estimate of drug-likeness (QED) is 0.565. The van der Waals surface area contributed by atoms with E-state index in [-0.39, 0.29) is 31.4 Å². The first-order chi connectivity index (χ1) is 8.88. The maximum absolute atomic E-state index is 11.2. The highest BCUT2D eigenvalue weighted by atomic mass is 16.4. The summed E-state index contributed by atoms with van der Waals surface area (Å²) in [5, 5.41) is 21.5. The molecule has 0 spiro atoms. The van der Waals surface area contributed by atoms with E-state index in [0.717, 1.165) is 0 Å². The van der Waals surface area contributed by atoms with Gasteiger partial charge in [-0.05, 0) is 25.7 Å². The van der Waals surface area contributed by atoms with E-state index in [1.54, 1.807) is 4.90 Å². The first-order valence-corrected chi connectivity index (χ1v) is 6.38. The molecule has 2 amide bonds. The minimum atomic E-state index is -0.996. The third-order valence-electron chi connectivity index (χ3n) is 3.80. The highest BCUT2D eigenvalue weighted by Crippen LogP contribution is 2.33. The summed E-state index contributed by atoms with van der Waals surface area (Å²) in [7, 11) is 0. The second-order valence-electron chi connectivity index (χ2n) is 5.45. The van der Waals surface area contributed by atoms with Crippen molar-refractivity contribution in [2.75, 3.05) is 19.6 Å². The molecule has 0 aromatic heterocycles. The zero-order chi connectivity index (χ0) is 14.0. The van der Waals surface area contributed by atoms with Gasteiger partial charge in [0.15, 0.2) is 0 Å². The molecule has 0 aromatic carbocycles. The number of amides is 2. The Kier molecular flexibility index (Phi) is 3.86. The van der Waals surface area contributed by atoms with Crippen molar-refractivity contribution < 1.29 is 24.6 Å². The van der Waals surface area contributed by atoms with Gasteiger partial charge in [-0.1, -0.05) is 0 Å². The first-order valence-electron chi connectivity index (χ1n) is 6.38. The molecule has 1 aliphatic carbocycles. The molecule has 3 N–H and O–H groups in total. The lowest BCUT2D eigenvalue weighted by atomic mass is 9.78. The highest BCUT2D eigenvalue weighted by molar-refractivity contribution is 5.99. The van der Waals surface area contributed by atoms with Crippen molar-refractivity contribution in [3.63, 3.8) is 0 Å². The molecule has 0 unspecified atom stereocenters. The molecular formula is C12H18N2O5. The molecule has 106 valence electrons. The number of imide groups is 1. The standard InChI is InChI=1S/C12H18N2O5/c15-9-5-14(6-10(16)13-9)7-12(19)3-1-8(2-4-12)11(17)18/h8,19H,1-7H2,(H,17,18)(H,13,15,16). The summed E-state index contributed by atoms with van der Waals surface area (Å²) in [6, 6.07) is 0. The number of hydrogen-bond donors (Lipinski definition) is 3. The van der Waals surface area contributed by atoms with E-state index in [1.807, 2.05) is 0 Å². The molecule has 0 bridgehead atoms. The van der Waals surface area contributed by atoms with Gasteiger partial charge in [-0.2, -0.15) is 0 Å². The fourth-order valence-corrected chi connectivity index (χ4v) is 2.78. The maximum Gasteiger partial charge on any atom is 0.306 e. The van der Waals surface area contributed by atoms with Crippen molar-refractivity contribution in [2.24, 2.45) is 5.92 Å². The Morgan fingerprint density at radius 2 is 1.79 bits per heavy atom. The molecule has 1 heterocycles. The van der Waals surface area contributed by atoms with Crippen LogP contribution in [-0.4, -0.2) is 58.1 Å². The molecule has 0 atom stereocenters. The van der Waals surface area contributed by atoms with Gasteiger partial charge >= 0.3 is 5.97 Å². The van der Waals surface area contributed by atoms with Crippen LogP contribution in [0.15, 0.2) is 0 Å². The van der Waals surface area contributed by atoms with Crippen LogP contribution in [0.1, 0.15) is 25.7 Å². The average molecular weight is 270 g/mol. The van der Waals surface area contributed by atoms with Gasteiger partial charge in [-0.3, -0.25) is 24.6 Å². The van der Waals surface area contributed by atoms with Crippen LogP contribution in [0.3, 0.4) is 0 Å². The topological polar surface area (TPSA) is 107 Å². The number of carbonyl (C=O) groups excluding carboxylic acids is 2. The zero-order valence-corrected chi connectivity index (χ0v) is 10.6. The molecule has 0 radical (unpaired) electrons. The molecule has 2 aliphatic rings. The number of carboxylic acids is 1. The van der Waals surface area contributed by atoms with Gasteiger partial charge in [0, 0.05) is 6.54 Å². The summed E-state index contributed by atoms with van der Waals surface area (Å²) in [4.78, 5) is 34.9. The van der Waals surface area contributed by atoms with Crippen molar-refractivity contribution in [3.8, 4) is 0 Å². The Morgan fingerprint density at radius 3 is 2.26 bits per heavy atom. The van der Waals surface area contributed by atoms with Crippen molar-refractivity contribution in [2.45, 2.75) is 31.3 Å². The van der Waals surface area contributed by atoms with Crippen molar-refractivity contribution in [1.82, 2.24) is 10.2 Å². The van der Waals surface area contributed by atoms with Crippen molar-refractivity contribution in [1.29, 1.82) is 0 Å². The van der Waals surface area contributed by atoms with Crippen molar-refractivity contribution >= 4 is 17.8 Å². The second kappa shape index (κ2) is 5.26. The number of carbonyl (C=O) groups is 3. The van der Waals surface area contributed by atoms with Gasteiger partial charge in [-0.15, -0.1) is 0 Å². The van der Waals surface area contributed by atoms with Crippen LogP contribution in [0.5, 0.6) is 0 Å². The van der Waals surface area contributed by atoms with E-state index in [0.29, 0.717) is 25.7 Å². The van der Waals surface area contributed by atoms with Crippen LogP contribution in [0, 0.1) is 5.92 Å². The average Bonchev–Trinajstić information content (AvgIpc) is 2.27. The van der Waals surface area contributed by atoms with Gasteiger partial charge in [-0.25, -0.2) is 0 Å². The van der Waals surface area contributed by atoms with E-state index in [4.69, 9.17) is 5.11 Å². The summed E-state index contributed by atoms with van der Waals surface area (Å²) in [5.41, 5.74) is -0.996. The SMILES string of the molecule is O=C1CN(CC2(O)CCC(C(=O)O)CC2)CC(=O)N1. The Balaban J connectivity index is 1.90. The molecular weight excluding hydrogens is 252 g/mol. The number of carboxylic acid groups (broad SMARTS) is 1. The lowest BCUT2D eigenvalue weighted by Gasteiger charge is -2.39. The van der Waals surface area contributed by atoms with Crippen LogP contribution in [-0.2, 0) is 14.4 Å². The third kappa shape index (κ3) is 3.51. The van der Waals surface area contributed by atoms with Crippen LogP contribution < -0.4 is 5.32 Å². The van der Waals surface area contributed by atoms with E-state index in [2.05, 4.69) is 5.32 Å². The predicted octanol–water partition coefficient (Wildman–Crippen LogP) is -1.05. The molecule has 1 saturated heterocycles. The molecule has 2 rings (SSSR count). The van der Waals surface area contributed by atoms with Gasteiger partial charge < -0.3 is 10.2 Å². The van der Waals surface area contributed by atoms with Crippen LogP contribution >= 0.6 is 0 Å². The number of rotatable bonds is 3. The minimum Gasteiger partial charge on any atom is -0.481 e. The Bertz CT molecular complexity index is 385. The number of aliphatic hydroxyl groups is 1. The number of nitrogens with zero attached hydrogens (tertiary/aromatic N) is 1. The van der Waals surface area contributed by atoms with Gasteiger partial charge in [0.1, 0.15) is 0 Å². The number of β-amino-alcohol motifs (C(OH)–C–C–N with tert-alkyl or cyclic N) is 1. The maximum atomic E-state index is 11.2. The third-order valence-corrected chi connectivity index (χ3v) is 3.80. The normalized spacial score (nSPS) is 33.0. The molecule has 19 heavy (non-hydrogen) atoms. The zero-order valence-electron chi connectivity index (χ0n) is 10.6. The monoisotopic (exact) mass is 270 g/mol. The lowest BCUT2D eigenvalue weighted by molar-refractivity contribution is -0.145. The summed E-state index contributed by atoms with van der Waals surface area (Å²) in [6.45, 7) is 0.422. The number of nitrogens with one attached hydrogen (secondary N) is 1. The van der Waals surface area contributed by atoms with Gasteiger partial charge in [0.05, 0.1) is 24.6 Å². The Hall–Kier alpha value is -1.47. The summed E-state index contributed by atoms with van der Waals surface area (Å²) < 4.78 is 0. The molecule has 7 nitrogen and oxygen atoms in total. The minimum absolute atomic E-state index is 0.0937. The first kappa shape index (κ1) is 14.0. The molecule has 1 aliphatic heterocycles. The van der Waals surface area contributed by atoms with Crippen LogP contribution in [0.25, 0.3) is 0 Å². The van der Waals surface area contributed by atoms with Gasteiger partial charge in [0.25, 0.3) is 0 Å². The Labute approximate surface area is 110 Å². The van der Waals surface area contributed by atoms with E-state index >= 15 is 0 Å². The number of aliphatic carboxylic acids is 1. The van der Waals surface area contributed by atoms with E-state index < -0.39 is 17.5 Å². The van der Waals surface area contributed by atoms with E-state index in [1.165, 1.54) is 0 Å². The summed E-state index contributed by atoms with van der Waals surface area (Å²) >= 11 is 0. The summed E-state index contributed by atoms with van der Waals surface area (Å²) in [5.74, 6) is -1.95. The molecule has 7 heteroatoms. The fraction of sp³-hybridized carbons (Fsp3) is 0.750. The molecule has 2 fully saturated rings. The molecule has 0 aromatic rings. The largest absolute Gasteiger partial charge is 0.481 e. The highest BCUT2D eigenvalue weighted by Gasteiger charge is 2.38. The summed E-state index contributed by atoms with van der Waals surface area (Å²) in [6.07, 6.45) is 1.63. The number of piperazine rings is 1. The predicted molar refractivity (Wildman–Crippen MR) is 64.1 cm³/mol. The van der Waals surface area contributed by atoms with Crippen molar-refractivity contribution in [3.05, 3.63) is 0 Å². The van der Waals surface area contributed by atoms with E-state index in [9.17, 15) is 19.5 Å². The van der Waals surface area contributed by atoms with Crippen LogP contribution in [0.4, 0.5) is 0 Å². The fourth-order valence-electron chi connectivity index (χ4n) is 2.78. The van der Waals surface area contributed by atoms with Crippen LogP contribution in [0.2, 0.25) is 0 Å². The second-order valence-corrected chi connectivity index (χ2v) is 5.45. The smallest absolute Gasteiger partial charge is 0.306 e. The lowest BCUT2D eigenvalue weighted by Crippen LogP contribution is -2.56. The van der Waals surface area contributed by atoms with Gasteiger partial charge in [0.2, 0.25) is 11.8 Å². The molecule has 1 saturated carbocycles.